The molecule has 3 aromatic carbocycles. The van der Waals surface area contributed by atoms with Gasteiger partial charge in [0.25, 0.3) is 11.8 Å². The maximum Gasteiger partial charge on any atom is 0.271 e. The van der Waals surface area contributed by atoms with Gasteiger partial charge < -0.3 is 10.1 Å². The molecule has 7 heteroatoms. The molecule has 0 unspecified atom stereocenters. The Labute approximate surface area is 182 Å². The van der Waals surface area contributed by atoms with Crippen molar-refractivity contribution in [2.75, 3.05) is 12.4 Å². The number of amides is 2. The lowest BCUT2D eigenvalue weighted by molar-refractivity contribution is 0.0953. The van der Waals surface area contributed by atoms with E-state index in [0.717, 1.165) is 9.13 Å². The van der Waals surface area contributed by atoms with Gasteiger partial charge in [-0.1, -0.05) is 18.2 Å². The van der Waals surface area contributed by atoms with Gasteiger partial charge in [0.2, 0.25) is 0 Å². The van der Waals surface area contributed by atoms with E-state index in [4.69, 9.17) is 4.74 Å². The number of ether oxygens (including phenoxy) is 1. The Balaban J connectivity index is 1.63. The third kappa shape index (κ3) is 5.89. The fraction of sp³-hybridized carbons (Fsp3) is 0.0455. The summed E-state index contributed by atoms with van der Waals surface area (Å²) in [7, 11) is 1.57. The predicted octanol–water partition coefficient (Wildman–Crippen LogP) is 4.32. The van der Waals surface area contributed by atoms with Gasteiger partial charge in [-0.2, -0.15) is 5.10 Å². The van der Waals surface area contributed by atoms with Gasteiger partial charge in [0.15, 0.2) is 0 Å². The lowest BCUT2D eigenvalue weighted by atomic mass is 10.1. The molecule has 29 heavy (non-hydrogen) atoms. The number of hydrogen-bond donors (Lipinski definition) is 2. The Morgan fingerprint density at radius 2 is 1.69 bits per heavy atom. The first-order valence-electron chi connectivity index (χ1n) is 8.69. The van der Waals surface area contributed by atoms with Crippen LogP contribution in [0.3, 0.4) is 0 Å². The molecule has 0 atom stereocenters. The minimum absolute atomic E-state index is 0.276. The van der Waals surface area contributed by atoms with Gasteiger partial charge in [0.05, 0.1) is 13.3 Å². The van der Waals surface area contributed by atoms with Crippen LogP contribution in [0.1, 0.15) is 26.3 Å². The Kier molecular flexibility index (Phi) is 6.96. The van der Waals surface area contributed by atoms with Crippen molar-refractivity contribution in [3.05, 3.63) is 93.1 Å². The highest BCUT2D eigenvalue weighted by molar-refractivity contribution is 14.1. The van der Waals surface area contributed by atoms with Crippen LogP contribution < -0.4 is 15.5 Å². The number of carbonyl (C=O) groups excluding carboxylic acids is 2. The van der Waals surface area contributed by atoms with E-state index in [1.165, 1.54) is 0 Å². The van der Waals surface area contributed by atoms with Crippen LogP contribution in [0.25, 0.3) is 0 Å². The van der Waals surface area contributed by atoms with Crippen LogP contribution >= 0.6 is 22.6 Å². The topological polar surface area (TPSA) is 79.8 Å². The van der Waals surface area contributed by atoms with E-state index < -0.39 is 0 Å². The SMILES string of the molecule is COc1ccc(C(=O)Nc2cccc(C(=O)N/N=C/c3cccc(I)c3)c2)cc1. The zero-order chi connectivity index (χ0) is 20.6. The van der Waals surface area contributed by atoms with Gasteiger partial charge in [-0.15, -0.1) is 0 Å². The third-order valence-corrected chi connectivity index (χ3v) is 4.63. The predicted molar refractivity (Wildman–Crippen MR) is 122 cm³/mol. The lowest BCUT2D eigenvalue weighted by Gasteiger charge is -2.08. The average Bonchev–Trinajstić information content (AvgIpc) is 2.74. The highest BCUT2D eigenvalue weighted by Crippen LogP contribution is 2.15. The van der Waals surface area contributed by atoms with E-state index in [0.29, 0.717) is 22.6 Å². The molecule has 0 saturated carbocycles. The Hall–Kier alpha value is -3.20. The van der Waals surface area contributed by atoms with Crippen LogP contribution in [-0.4, -0.2) is 25.1 Å². The second kappa shape index (κ2) is 9.83. The van der Waals surface area contributed by atoms with Gasteiger partial charge >= 0.3 is 0 Å². The summed E-state index contributed by atoms with van der Waals surface area (Å²) in [6.45, 7) is 0. The van der Waals surface area contributed by atoms with Crippen LogP contribution in [0.2, 0.25) is 0 Å². The van der Waals surface area contributed by atoms with Gasteiger partial charge in [-0.05, 0) is 82.8 Å². The highest BCUT2D eigenvalue weighted by Gasteiger charge is 2.09. The van der Waals surface area contributed by atoms with Gasteiger partial charge in [-0.3, -0.25) is 9.59 Å². The number of halogens is 1. The zero-order valence-electron chi connectivity index (χ0n) is 15.6. The molecule has 0 aromatic heterocycles. The van der Waals surface area contributed by atoms with Crippen molar-refractivity contribution in [1.82, 2.24) is 5.43 Å². The zero-order valence-corrected chi connectivity index (χ0v) is 17.7. The minimum atomic E-state index is -0.368. The number of hydrogen-bond acceptors (Lipinski definition) is 4. The summed E-state index contributed by atoms with van der Waals surface area (Å²) < 4.78 is 6.17. The standard InChI is InChI=1S/C22H18IN3O3/c1-29-20-10-8-16(9-11-20)21(27)25-19-7-3-5-17(13-19)22(28)26-24-14-15-4-2-6-18(23)12-15/h2-14H,1H3,(H,25,27)(H,26,28)/b24-14+. The van der Waals surface area contributed by atoms with E-state index in [2.05, 4.69) is 38.4 Å². The van der Waals surface area contributed by atoms with Crippen LogP contribution in [0.15, 0.2) is 77.9 Å². The van der Waals surface area contributed by atoms with Crippen molar-refractivity contribution in [2.24, 2.45) is 5.10 Å². The molecule has 2 N–H and O–H groups in total. The molecule has 0 aliphatic rings. The Morgan fingerprint density at radius 1 is 0.931 bits per heavy atom. The summed E-state index contributed by atoms with van der Waals surface area (Å²) in [5.41, 5.74) is 4.77. The van der Waals surface area contributed by atoms with Crippen molar-refractivity contribution < 1.29 is 14.3 Å². The Morgan fingerprint density at radius 3 is 2.41 bits per heavy atom. The van der Waals surface area contributed by atoms with E-state index in [9.17, 15) is 9.59 Å². The number of nitrogens with one attached hydrogen (secondary N) is 2. The second-order valence-corrected chi connectivity index (χ2v) is 7.26. The number of methoxy groups -OCH3 is 1. The number of benzene rings is 3. The van der Waals surface area contributed by atoms with Crippen molar-refractivity contribution in [3.63, 3.8) is 0 Å². The number of rotatable bonds is 6. The molecular formula is C22H18IN3O3. The van der Waals surface area contributed by atoms with Crippen molar-refractivity contribution in [1.29, 1.82) is 0 Å². The summed E-state index contributed by atoms with van der Waals surface area (Å²) in [4.78, 5) is 24.7. The lowest BCUT2D eigenvalue weighted by Crippen LogP contribution is -2.18. The molecule has 3 aromatic rings. The monoisotopic (exact) mass is 499 g/mol. The minimum Gasteiger partial charge on any atom is -0.497 e. The number of anilines is 1. The highest BCUT2D eigenvalue weighted by atomic mass is 127. The van der Waals surface area contributed by atoms with Gasteiger partial charge in [0, 0.05) is 20.4 Å². The van der Waals surface area contributed by atoms with E-state index in [1.54, 1.807) is 61.9 Å². The maximum atomic E-state index is 12.4. The maximum absolute atomic E-state index is 12.4. The summed E-state index contributed by atoms with van der Waals surface area (Å²) >= 11 is 2.21. The summed E-state index contributed by atoms with van der Waals surface area (Å²) in [5.74, 6) is 0.0281. The van der Waals surface area contributed by atoms with Crippen molar-refractivity contribution >= 4 is 46.3 Å². The van der Waals surface area contributed by atoms with E-state index in [-0.39, 0.29) is 11.8 Å². The fourth-order valence-electron chi connectivity index (χ4n) is 2.50. The number of hydrazone groups is 1. The summed E-state index contributed by atoms with van der Waals surface area (Å²) in [6.07, 6.45) is 1.58. The quantitative estimate of drug-likeness (QED) is 0.301. The van der Waals surface area contributed by atoms with E-state index >= 15 is 0 Å². The number of nitrogens with zero attached hydrogens (tertiary/aromatic N) is 1. The first kappa shape index (κ1) is 20.5. The van der Waals surface area contributed by atoms with Gasteiger partial charge in [0.1, 0.15) is 5.75 Å². The fourth-order valence-corrected chi connectivity index (χ4v) is 3.07. The second-order valence-electron chi connectivity index (χ2n) is 6.02. The molecule has 0 fully saturated rings. The summed E-state index contributed by atoms with van der Waals surface area (Å²) in [5, 5.41) is 6.77. The molecule has 0 bridgehead atoms. The van der Waals surface area contributed by atoms with Crippen molar-refractivity contribution in [2.45, 2.75) is 0 Å². The third-order valence-electron chi connectivity index (χ3n) is 3.96. The smallest absolute Gasteiger partial charge is 0.271 e. The van der Waals surface area contributed by atoms with Crippen molar-refractivity contribution in [3.8, 4) is 5.75 Å². The largest absolute Gasteiger partial charge is 0.497 e. The molecule has 146 valence electrons. The number of carbonyl (C=O) groups is 2. The Bertz CT molecular complexity index is 1050. The first-order valence-corrected chi connectivity index (χ1v) is 9.77. The van der Waals surface area contributed by atoms with Crippen LogP contribution in [0.5, 0.6) is 5.75 Å². The van der Waals surface area contributed by atoms with Gasteiger partial charge in [-0.25, -0.2) is 5.43 Å². The first-order chi connectivity index (χ1) is 14.0. The molecule has 0 heterocycles. The van der Waals surface area contributed by atoms with Crippen LogP contribution in [-0.2, 0) is 0 Å². The summed E-state index contributed by atoms with van der Waals surface area (Å²) in [6, 6.07) is 21.2. The molecule has 6 nitrogen and oxygen atoms in total. The van der Waals surface area contributed by atoms with E-state index in [1.807, 2.05) is 24.3 Å². The molecule has 2 amide bonds. The molecule has 0 saturated heterocycles. The molecular weight excluding hydrogens is 481 g/mol. The average molecular weight is 499 g/mol. The molecule has 3 rings (SSSR count). The molecule has 0 spiro atoms. The molecule has 0 aliphatic carbocycles. The molecule has 0 radical (unpaired) electrons. The molecule has 0 aliphatic heterocycles. The van der Waals surface area contributed by atoms with Crippen LogP contribution in [0, 0.1) is 3.57 Å². The normalized spacial score (nSPS) is 10.6. The van der Waals surface area contributed by atoms with Crippen LogP contribution in [0.4, 0.5) is 5.69 Å².